The van der Waals surface area contributed by atoms with Crippen LogP contribution < -0.4 is 15.0 Å². The van der Waals surface area contributed by atoms with Gasteiger partial charge in [0.25, 0.3) is 5.56 Å². The number of aromatic nitrogens is 2. The predicted molar refractivity (Wildman–Crippen MR) is 120 cm³/mol. The van der Waals surface area contributed by atoms with Crippen LogP contribution in [0.4, 0.5) is 0 Å². The third kappa shape index (κ3) is 4.71. The van der Waals surface area contributed by atoms with E-state index in [2.05, 4.69) is 26.0 Å². The Morgan fingerprint density at radius 3 is 2.77 bits per heavy atom. The predicted octanol–water partition coefficient (Wildman–Crippen LogP) is 4.58. The number of carbonyl (C=O) groups is 1. The van der Waals surface area contributed by atoms with Crippen LogP contribution in [0.1, 0.15) is 31.7 Å². The lowest BCUT2D eigenvalue weighted by Crippen LogP contribution is -2.22. The molecule has 0 bridgehead atoms. The van der Waals surface area contributed by atoms with E-state index in [4.69, 9.17) is 21.1 Å². The lowest BCUT2D eigenvalue weighted by molar-refractivity contribution is -0.132. The summed E-state index contributed by atoms with van der Waals surface area (Å²) in [4.78, 5) is 29.2. The molecule has 1 heterocycles. The van der Waals surface area contributed by atoms with Crippen molar-refractivity contribution >= 4 is 50.6 Å². The highest BCUT2D eigenvalue weighted by molar-refractivity contribution is 9.10. The summed E-state index contributed by atoms with van der Waals surface area (Å²) in [6.07, 6.45) is 2.75. The highest BCUT2D eigenvalue weighted by atomic mass is 79.9. The van der Waals surface area contributed by atoms with Gasteiger partial charge in [-0.05, 0) is 30.7 Å². The van der Waals surface area contributed by atoms with E-state index in [0.717, 1.165) is 10.9 Å². The molecule has 3 aromatic rings. The first-order valence-corrected chi connectivity index (χ1v) is 10.3. The average molecular weight is 493 g/mol. The second-order valence-corrected chi connectivity index (χ2v) is 7.77. The van der Waals surface area contributed by atoms with Crippen molar-refractivity contribution in [3.05, 3.63) is 61.6 Å². The number of hydrogen-bond acceptors (Lipinski definition) is 6. The van der Waals surface area contributed by atoms with Crippen molar-refractivity contribution < 1.29 is 14.3 Å². The molecule has 0 aliphatic heterocycles. The molecule has 3 rings (SSSR count). The molecule has 156 valence electrons. The van der Waals surface area contributed by atoms with E-state index in [9.17, 15) is 9.59 Å². The Morgan fingerprint density at radius 1 is 1.33 bits per heavy atom. The van der Waals surface area contributed by atoms with E-state index in [1.54, 1.807) is 18.2 Å². The molecule has 0 unspecified atom stereocenters. The molecule has 0 saturated heterocycles. The highest BCUT2D eigenvalue weighted by Gasteiger charge is 2.15. The monoisotopic (exact) mass is 491 g/mol. The molecule has 9 heteroatoms. The second kappa shape index (κ2) is 9.40. The maximum atomic E-state index is 13.1. The van der Waals surface area contributed by atoms with Crippen molar-refractivity contribution in [1.29, 1.82) is 0 Å². The highest BCUT2D eigenvalue weighted by Crippen LogP contribution is 2.34. The van der Waals surface area contributed by atoms with Gasteiger partial charge in [0.1, 0.15) is 5.82 Å². The van der Waals surface area contributed by atoms with Crippen LogP contribution in [0.3, 0.4) is 0 Å². The van der Waals surface area contributed by atoms with Crippen molar-refractivity contribution in [3.8, 4) is 11.5 Å². The number of nitrogens with zero attached hydrogens (tertiary/aromatic N) is 3. The van der Waals surface area contributed by atoms with Gasteiger partial charge in [-0.1, -0.05) is 34.5 Å². The molecule has 0 radical (unpaired) electrons. The summed E-state index contributed by atoms with van der Waals surface area (Å²) in [5.74, 6) is 0.448. The van der Waals surface area contributed by atoms with Crippen LogP contribution in [-0.2, 0) is 11.2 Å². The fourth-order valence-electron chi connectivity index (χ4n) is 2.91. The molecular weight excluding hydrogens is 474 g/mol. The number of methoxy groups -OCH3 is 1. The van der Waals surface area contributed by atoms with Crippen molar-refractivity contribution in [2.45, 2.75) is 26.7 Å². The van der Waals surface area contributed by atoms with Crippen molar-refractivity contribution in [2.75, 3.05) is 7.11 Å². The summed E-state index contributed by atoms with van der Waals surface area (Å²) in [5.41, 5.74) is 0.686. The summed E-state index contributed by atoms with van der Waals surface area (Å²) in [6.45, 7) is 3.27. The third-order valence-electron chi connectivity index (χ3n) is 4.18. The van der Waals surface area contributed by atoms with Crippen LogP contribution in [0.5, 0.6) is 11.5 Å². The molecule has 7 nitrogen and oxygen atoms in total. The lowest BCUT2D eigenvalue weighted by atomic mass is 10.2. The fraction of sp³-hybridized carbons (Fsp3) is 0.238. The number of halogens is 2. The first kappa shape index (κ1) is 22.0. The number of fused-ring (bicyclic) bond motifs is 1. The molecular formula is C21H19BrClN3O4. The molecule has 0 fully saturated rings. The fourth-order valence-corrected chi connectivity index (χ4v) is 3.49. The van der Waals surface area contributed by atoms with Crippen molar-refractivity contribution in [2.24, 2.45) is 5.10 Å². The van der Waals surface area contributed by atoms with Crippen LogP contribution in [-0.4, -0.2) is 29.0 Å². The van der Waals surface area contributed by atoms with Gasteiger partial charge in [0.15, 0.2) is 11.5 Å². The topological polar surface area (TPSA) is 82.8 Å². The largest absolute Gasteiger partial charge is 0.493 e. The maximum Gasteiger partial charge on any atom is 0.308 e. The summed E-state index contributed by atoms with van der Waals surface area (Å²) in [5, 5.41) is 5.16. The second-order valence-electron chi connectivity index (χ2n) is 6.42. The van der Waals surface area contributed by atoms with Gasteiger partial charge in [-0.3, -0.25) is 9.59 Å². The van der Waals surface area contributed by atoms with Gasteiger partial charge >= 0.3 is 5.97 Å². The number of aryl methyl sites for hydroxylation is 1. The quantitative estimate of drug-likeness (QED) is 0.286. The normalized spacial score (nSPS) is 11.2. The van der Waals surface area contributed by atoms with E-state index >= 15 is 0 Å². The number of rotatable bonds is 6. The Balaban J connectivity index is 2.19. The van der Waals surface area contributed by atoms with Crippen LogP contribution in [0, 0.1) is 0 Å². The Hall–Kier alpha value is -2.71. The number of esters is 1. The van der Waals surface area contributed by atoms with Gasteiger partial charge in [-0.25, -0.2) is 4.98 Å². The molecule has 1 aromatic heterocycles. The molecule has 0 aliphatic rings. The minimum absolute atomic E-state index is 0.166. The van der Waals surface area contributed by atoms with Crippen LogP contribution in [0.25, 0.3) is 10.9 Å². The van der Waals surface area contributed by atoms with Gasteiger partial charge in [-0.15, -0.1) is 0 Å². The lowest BCUT2D eigenvalue weighted by Gasteiger charge is -2.12. The van der Waals surface area contributed by atoms with Gasteiger partial charge in [-0.2, -0.15) is 9.78 Å². The molecule has 2 aromatic carbocycles. The first-order chi connectivity index (χ1) is 14.3. The van der Waals surface area contributed by atoms with Crippen LogP contribution >= 0.6 is 27.5 Å². The van der Waals surface area contributed by atoms with Crippen LogP contribution in [0.15, 0.2) is 44.7 Å². The zero-order valence-corrected chi connectivity index (χ0v) is 19.0. The number of hydrogen-bond donors (Lipinski definition) is 0. The zero-order chi connectivity index (χ0) is 21.8. The van der Waals surface area contributed by atoms with Gasteiger partial charge < -0.3 is 9.47 Å². The molecule has 0 amide bonds. The number of carbonyl (C=O) groups excluding carboxylic acids is 1. The standard InChI is InChI=1S/C21H19BrClN3O4/c1-4-5-19-25-17-7-6-14(22)9-16(17)21(28)26(19)24-11-13-8-15(23)10-18(29-3)20(13)30-12(2)27/h6-11H,4-5H2,1-3H3. The molecule has 30 heavy (non-hydrogen) atoms. The summed E-state index contributed by atoms with van der Waals surface area (Å²) < 4.78 is 12.6. The van der Waals surface area contributed by atoms with E-state index < -0.39 is 5.97 Å². The zero-order valence-electron chi connectivity index (χ0n) is 16.6. The van der Waals surface area contributed by atoms with E-state index in [0.29, 0.717) is 33.7 Å². The Bertz CT molecular complexity index is 1210. The molecule has 0 atom stereocenters. The minimum atomic E-state index is -0.522. The molecule has 0 spiro atoms. The van der Waals surface area contributed by atoms with Gasteiger partial charge in [0, 0.05) is 34.5 Å². The van der Waals surface area contributed by atoms with Gasteiger partial charge in [0.2, 0.25) is 0 Å². The van der Waals surface area contributed by atoms with Crippen molar-refractivity contribution in [1.82, 2.24) is 9.66 Å². The van der Waals surface area contributed by atoms with Gasteiger partial charge in [0.05, 0.1) is 24.2 Å². The Kier molecular flexibility index (Phi) is 6.89. The third-order valence-corrected chi connectivity index (χ3v) is 4.89. The maximum absolute atomic E-state index is 13.1. The Morgan fingerprint density at radius 2 is 2.10 bits per heavy atom. The molecule has 0 aliphatic carbocycles. The SMILES string of the molecule is CCCc1nc2ccc(Br)cc2c(=O)n1N=Cc1cc(Cl)cc(OC)c1OC(C)=O. The van der Waals surface area contributed by atoms with Crippen LogP contribution in [0.2, 0.25) is 5.02 Å². The number of benzene rings is 2. The summed E-state index contributed by atoms with van der Waals surface area (Å²) in [7, 11) is 1.44. The summed E-state index contributed by atoms with van der Waals surface area (Å²) >= 11 is 9.54. The Labute approximate surface area is 186 Å². The van der Waals surface area contributed by atoms with E-state index in [-0.39, 0.29) is 17.1 Å². The van der Waals surface area contributed by atoms with E-state index in [1.165, 1.54) is 31.0 Å². The first-order valence-electron chi connectivity index (χ1n) is 9.15. The average Bonchev–Trinajstić information content (AvgIpc) is 2.69. The number of ether oxygens (including phenoxy) is 2. The molecule has 0 saturated carbocycles. The smallest absolute Gasteiger partial charge is 0.308 e. The van der Waals surface area contributed by atoms with E-state index in [1.807, 2.05) is 13.0 Å². The summed E-state index contributed by atoms with van der Waals surface area (Å²) in [6, 6.07) is 8.43. The minimum Gasteiger partial charge on any atom is -0.493 e. The van der Waals surface area contributed by atoms with Crippen molar-refractivity contribution in [3.63, 3.8) is 0 Å². The molecule has 0 N–H and O–H groups in total.